The first-order valence-corrected chi connectivity index (χ1v) is 13.4. The summed E-state index contributed by atoms with van der Waals surface area (Å²) >= 11 is 0. The van der Waals surface area contributed by atoms with Crippen LogP contribution in [0.5, 0.6) is 0 Å². The second-order valence-corrected chi connectivity index (χ2v) is 10.5. The molecule has 5 nitrogen and oxygen atoms in total. The average Bonchev–Trinajstić information content (AvgIpc) is 3.34. The first kappa shape index (κ1) is 24.5. The Morgan fingerprint density at radius 1 is 0.944 bits per heavy atom. The Morgan fingerprint density at radius 2 is 1.61 bits per heavy atom. The first-order chi connectivity index (χ1) is 17.5. The van der Waals surface area contributed by atoms with Crippen molar-refractivity contribution in [3.8, 4) is 11.1 Å². The van der Waals surface area contributed by atoms with Crippen LogP contribution in [-0.2, 0) is 11.2 Å². The lowest BCUT2D eigenvalue weighted by atomic mass is 9.93. The third kappa shape index (κ3) is 5.17. The van der Waals surface area contributed by atoms with Crippen molar-refractivity contribution in [1.82, 2.24) is 14.8 Å². The number of anilines is 1. The summed E-state index contributed by atoms with van der Waals surface area (Å²) in [7, 11) is 2.24. The van der Waals surface area contributed by atoms with Crippen LogP contribution in [0.2, 0.25) is 0 Å². The van der Waals surface area contributed by atoms with Crippen LogP contribution in [0.3, 0.4) is 0 Å². The van der Waals surface area contributed by atoms with Gasteiger partial charge in [-0.25, -0.2) is 4.98 Å². The fraction of sp³-hybridized carbons (Fsp3) is 0.419. The van der Waals surface area contributed by atoms with E-state index in [0.29, 0.717) is 18.4 Å². The predicted molar refractivity (Wildman–Crippen MR) is 147 cm³/mol. The quantitative estimate of drug-likeness (QED) is 0.463. The van der Waals surface area contributed by atoms with Crippen LogP contribution in [0.4, 0.5) is 5.82 Å². The molecule has 2 aliphatic heterocycles. The summed E-state index contributed by atoms with van der Waals surface area (Å²) in [4.78, 5) is 25.3. The number of rotatable bonds is 6. The molecule has 3 aromatic rings. The summed E-state index contributed by atoms with van der Waals surface area (Å²) in [5, 5.41) is 0. The normalized spacial score (nSPS) is 18.7. The Morgan fingerprint density at radius 3 is 2.22 bits per heavy atom. The molecule has 1 aromatic heterocycles. The van der Waals surface area contributed by atoms with Crippen molar-refractivity contribution in [2.24, 2.45) is 0 Å². The topological polar surface area (TPSA) is 39.7 Å². The number of carbonyl (C=O) groups excluding carboxylic acids is 1. The number of carbonyl (C=O) groups is 1. The smallest absolute Gasteiger partial charge is 0.227 e. The lowest BCUT2D eigenvalue weighted by Gasteiger charge is -2.38. The fourth-order valence-electron chi connectivity index (χ4n) is 5.67. The van der Waals surface area contributed by atoms with Crippen molar-refractivity contribution in [2.75, 3.05) is 44.7 Å². The van der Waals surface area contributed by atoms with Gasteiger partial charge in [-0.3, -0.25) is 9.69 Å². The number of pyridine rings is 1. The molecule has 2 saturated heterocycles. The van der Waals surface area contributed by atoms with Crippen LogP contribution in [-0.4, -0.2) is 60.5 Å². The maximum Gasteiger partial charge on any atom is 0.227 e. The number of hydrogen-bond acceptors (Lipinski definition) is 4. The Balaban J connectivity index is 1.43. The molecular formula is C31H38N4O. The molecule has 188 valence electrons. The monoisotopic (exact) mass is 482 g/mol. The number of hydrogen-bond donors (Lipinski definition) is 0. The summed E-state index contributed by atoms with van der Waals surface area (Å²) in [6.07, 6.45) is 2.85. The number of likely N-dealkylation sites (tertiary alicyclic amines) is 1. The van der Waals surface area contributed by atoms with Crippen LogP contribution in [0.25, 0.3) is 11.1 Å². The van der Waals surface area contributed by atoms with Crippen LogP contribution >= 0.6 is 0 Å². The Bertz CT molecular complexity index is 1170. The van der Waals surface area contributed by atoms with E-state index in [9.17, 15) is 4.79 Å². The van der Waals surface area contributed by atoms with Crippen molar-refractivity contribution >= 4 is 11.7 Å². The van der Waals surface area contributed by atoms with Crippen molar-refractivity contribution in [3.05, 3.63) is 83.6 Å². The van der Waals surface area contributed by atoms with E-state index in [1.54, 1.807) is 0 Å². The van der Waals surface area contributed by atoms with Crippen LogP contribution in [0.1, 0.15) is 55.5 Å². The predicted octanol–water partition coefficient (Wildman–Crippen LogP) is 5.53. The minimum absolute atomic E-state index is 0.215. The van der Waals surface area contributed by atoms with E-state index in [1.165, 1.54) is 23.1 Å². The zero-order valence-corrected chi connectivity index (χ0v) is 21.9. The van der Waals surface area contributed by atoms with Gasteiger partial charge in [0.1, 0.15) is 5.82 Å². The summed E-state index contributed by atoms with van der Waals surface area (Å²) in [6.45, 7) is 8.71. The highest BCUT2D eigenvalue weighted by Gasteiger charge is 2.31. The van der Waals surface area contributed by atoms with Crippen molar-refractivity contribution in [3.63, 3.8) is 0 Å². The van der Waals surface area contributed by atoms with Gasteiger partial charge in [0.2, 0.25) is 5.91 Å². The Hall–Kier alpha value is -3.18. The number of amides is 1. The minimum Gasteiger partial charge on any atom is -0.353 e. The molecule has 0 N–H and O–H groups in total. The molecule has 0 radical (unpaired) electrons. The molecule has 1 unspecified atom stereocenters. The molecule has 5 heteroatoms. The van der Waals surface area contributed by atoms with Crippen LogP contribution in [0.15, 0.2) is 66.7 Å². The molecule has 1 amide bonds. The van der Waals surface area contributed by atoms with Gasteiger partial charge in [-0.2, -0.15) is 0 Å². The molecule has 3 heterocycles. The third-order valence-corrected chi connectivity index (χ3v) is 7.70. The first-order valence-electron chi connectivity index (χ1n) is 13.4. The van der Waals surface area contributed by atoms with Crippen LogP contribution < -0.4 is 4.90 Å². The molecule has 2 aliphatic rings. The summed E-state index contributed by atoms with van der Waals surface area (Å²) < 4.78 is 0. The summed E-state index contributed by atoms with van der Waals surface area (Å²) in [6, 6.07) is 23.6. The van der Waals surface area contributed by atoms with Gasteiger partial charge in [0, 0.05) is 43.3 Å². The summed E-state index contributed by atoms with van der Waals surface area (Å²) in [5.41, 5.74) is 6.06. The van der Waals surface area contributed by atoms with E-state index in [-0.39, 0.29) is 5.91 Å². The summed E-state index contributed by atoms with van der Waals surface area (Å²) in [5.74, 6) is 1.65. The van der Waals surface area contributed by atoms with E-state index in [2.05, 4.69) is 67.1 Å². The molecule has 2 fully saturated rings. The lowest BCUT2D eigenvalue weighted by molar-refractivity contribution is -0.130. The zero-order chi connectivity index (χ0) is 25.1. The highest BCUT2D eigenvalue weighted by molar-refractivity contribution is 5.79. The number of aromatic nitrogens is 1. The second kappa shape index (κ2) is 10.8. The second-order valence-electron chi connectivity index (χ2n) is 10.5. The highest BCUT2D eigenvalue weighted by atomic mass is 16.2. The SMILES string of the molecule is CC(C)c1nc(N2CCN(C(=O)Cc3ccccc3)CC2)c(C2CCCN2C)cc1-c1ccccc1. The fourth-order valence-corrected chi connectivity index (χ4v) is 5.67. The van der Waals surface area contributed by atoms with Gasteiger partial charge in [-0.05, 0) is 49.5 Å². The molecule has 1 atom stereocenters. The van der Waals surface area contributed by atoms with Crippen LogP contribution in [0, 0.1) is 0 Å². The largest absolute Gasteiger partial charge is 0.353 e. The standard InChI is InChI=1S/C31H38N4O/c1-23(2)30-26(25-13-8-5-9-14-25)22-27(28-15-10-16-33(28)3)31(32-30)35-19-17-34(18-20-35)29(36)21-24-11-6-4-7-12-24/h4-9,11-14,22-23,28H,10,15-21H2,1-3H3. The van der Waals surface area contributed by atoms with Crippen molar-refractivity contribution < 1.29 is 4.79 Å². The van der Waals surface area contributed by atoms with Gasteiger partial charge < -0.3 is 9.80 Å². The zero-order valence-electron chi connectivity index (χ0n) is 21.9. The van der Waals surface area contributed by atoms with E-state index < -0.39 is 0 Å². The molecule has 5 rings (SSSR count). The molecule has 0 aliphatic carbocycles. The van der Waals surface area contributed by atoms with Gasteiger partial charge >= 0.3 is 0 Å². The van der Waals surface area contributed by atoms with E-state index in [0.717, 1.165) is 56.2 Å². The van der Waals surface area contributed by atoms with Gasteiger partial charge in [-0.1, -0.05) is 74.5 Å². The van der Waals surface area contributed by atoms with E-state index >= 15 is 0 Å². The number of nitrogens with zero attached hydrogens (tertiary/aromatic N) is 4. The molecule has 36 heavy (non-hydrogen) atoms. The lowest BCUT2D eigenvalue weighted by Crippen LogP contribution is -2.50. The van der Waals surface area contributed by atoms with Crippen molar-refractivity contribution in [2.45, 2.75) is 45.1 Å². The number of benzene rings is 2. The molecule has 0 bridgehead atoms. The third-order valence-electron chi connectivity index (χ3n) is 7.70. The Labute approximate surface area is 215 Å². The molecule has 0 spiro atoms. The molecular weight excluding hydrogens is 444 g/mol. The van der Waals surface area contributed by atoms with Gasteiger partial charge in [0.15, 0.2) is 0 Å². The van der Waals surface area contributed by atoms with E-state index in [4.69, 9.17) is 4.98 Å². The van der Waals surface area contributed by atoms with Gasteiger partial charge in [0.05, 0.1) is 12.1 Å². The maximum atomic E-state index is 13.0. The molecule has 0 saturated carbocycles. The molecule has 2 aromatic carbocycles. The maximum absolute atomic E-state index is 13.0. The highest BCUT2D eigenvalue weighted by Crippen LogP contribution is 2.40. The Kier molecular flexibility index (Phi) is 7.38. The minimum atomic E-state index is 0.215. The van der Waals surface area contributed by atoms with Crippen molar-refractivity contribution in [1.29, 1.82) is 0 Å². The van der Waals surface area contributed by atoms with E-state index in [1.807, 2.05) is 35.2 Å². The van der Waals surface area contributed by atoms with Gasteiger partial charge in [0.25, 0.3) is 0 Å². The number of piperazine rings is 1. The average molecular weight is 483 g/mol. The van der Waals surface area contributed by atoms with Gasteiger partial charge in [-0.15, -0.1) is 0 Å².